The smallest absolute Gasteiger partial charge is 0.0133 e. The molecule has 2 aliphatic rings. The minimum Gasteiger partial charge on any atom is -0.313 e. The molecular formula is C11H17N. The molecular weight excluding hydrogens is 146 g/mol. The van der Waals surface area contributed by atoms with Gasteiger partial charge in [0.15, 0.2) is 0 Å². The Morgan fingerprint density at radius 1 is 1.50 bits per heavy atom. The third-order valence-corrected chi connectivity index (χ3v) is 2.93. The van der Waals surface area contributed by atoms with Gasteiger partial charge in [0, 0.05) is 6.04 Å². The molecule has 0 aromatic rings. The summed E-state index contributed by atoms with van der Waals surface area (Å²) in [7, 11) is 0. The van der Waals surface area contributed by atoms with Gasteiger partial charge >= 0.3 is 0 Å². The van der Waals surface area contributed by atoms with E-state index in [4.69, 9.17) is 0 Å². The lowest BCUT2D eigenvalue weighted by Crippen LogP contribution is -2.29. The molecule has 1 heteroatoms. The molecule has 0 radical (unpaired) electrons. The Morgan fingerprint density at radius 3 is 3.00 bits per heavy atom. The van der Waals surface area contributed by atoms with E-state index in [1.54, 1.807) is 0 Å². The highest BCUT2D eigenvalue weighted by atomic mass is 14.9. The summed E-state index contributed by atoms with van der Waals surface area (Å²) in [6.45, 7) is 3.40. The maximum Gasteiger partial charge on any atom is 0.0133 e. The van der Waals surface area contributed by atoms with Crippen LogP contribution >= 0.6 is 0 Å². The average molecular weight is 163 g/mol. The van der Waals surface area contributed by atoms with Gasteiger partial charge in [-0.15, -0.1) is 0 Å². The van der Waals surface area contributed by atoms with E-state index < -0.39 is 0 Å². The minimum atomic E-state index is 0.755. The zero-order valence-corrected chi connectivity index (χ0v) is 7.72. The molecule has 1 saturated heterocycles. The predicted molar refractivity (Wildman–Crippen MR) is 52.0 cm³/mol. The number of allylic oxidation sites excluding steroid dienone is 3. The van der Waals surface area contributed by atoms with Crippen molar-refractivity contribution in [2.24, 2.45) is 5.92 Å². The van der Waals surface area contributed by atoms with Crippen LogP contribution in [-0.4, -0.2) is 12.6 Å². The van der Waals surface area contributed by atoms with Gasteiger partial charge in [-0.05, 0) is 38.6 Å². The van der Waals surface area contributed by atoms with E-state index in [1.807, 2.05) is 0 Å². The third kappa shape index (κ3) is 1.61. The molecule has 1 N–H and O–H groups in total. The lowest BCUT2D eigenvalue weighted by atomic mass is 9.90. The van der Waals surface area contributed by atoms with Gasteiger partial charge in [-0.3, -0.25) is 0 Å². The van der Waals surface area contributed by atoms with Gasteiger partial charge in [0.1, 0.15) is 0 Å². The first-order chi connectivity index (χ1) is 5.86. The van der Waals surface area contributed by atoms with Gasteiger partial charge < -0.3 is 5.32 Å². The number of hydrogen-bond acceptors (Lipinski definition) is 1. The van der Waals surface area contributed by atoms with Crippen molar-refractivity contribution in [3.8, 4) is 0 Å². The highest BCUT2D eigenvalue weighted by Crippen LogP contribution is 2.24. The predicted octanol–water partition coefficient (Wildman–Crippen LogP) is 2.26. The van der Waals surface area contributed by atoms with Crippen molar-refractivity contribution in [2.75, 3.05) is 6.54 Å². The maximum atomic E-state index is 3.56. The van der Waals surface area contributed by atoms with E-state index >= 15 is 0 Å². The Hall–Kier alpha value is -0.560. The summed E-state index contributed by atoms with van der Waals surface area (Å²) >= 11 is 0. The van der Waals surface area contributed by atoms with E-state index in [1.165, 1.54) is 31.4 Å². The fourth-order valence-corrected chi connectivity index (χ4v) is 2.12. The van der Waals surface area contributed by atoms with Crippen molar-refractivity contribution in [2.45, 2.75) is 32.2 Å². The lowest BCUT2D eigenvalue weighted by molar-refractivity contribution is 0.460. The van der Waals surface area contributed by atoms with Crippen LogP contribution < -0.4 is 5.32 Å². The third-order valence-electron chi connectivity index (χ3n) is 2.93. The van der Waals surface area contributed by atoms with Crippen LogP contribution in [0.15, 0.2) is 23.8 Å². The molecule has 1 aliphatic carbocycles. The maximum absolute atomic E-state index is 3.56. The Bertz CT molecular complexity index is 209. The van der Waals surface area contributed by atoms with Gasteiger partial charge in [-0.1, -0.05) is 23.8 Å². The van der Waals surface area contributed by atoms with Crippen LogP contribution in [0.5, 0.6) is 0 Å². The molecule has 1 heterocycles. The van der Waals surface area contributed by atoms with Crippen LogP contribution in [0.3, 0.4) is 0 Å². The van der Waals surface area contributed by atoms with E-state index in [9.17, 15) is 0 Å². The molecule has 1 nitrogen and oxygen atoms in total. The zero-order valence-electron chi connectivity index (χ0n) is 7.72. The largest absolute Gasteiger partial charge is 0.313 e. The number of nitrogens with one attached hydrogen (secondary N) is 1. The summed E-state index contributed by atoms with van der Waals surface area (Å²) in [5, 5.41) is 3.56. The van der Waals surface area contributed by atoms with Crippen molar-refractivity contribution in [1.82, 2.24) is 5.32 Å². The topological polar surface area (TPSA) is 12.0 Å². The van der Waals surface area contributed by atoms with Crippen LogP contribution in [0.1, 0.15) is 26.2 Å². The highest BCUT2D eigenvalue weighted by Gasteiger charge is 2.22. The molecule has 0 spiro atoms. The second kappa shape index (κ2) is 3.44. The van der Waals surface area contributed by atoms with Crippen LogP contribution in [0.2, 0.25) is 0 Å². The Balaban J connectivity index is 1.94. The SMILES string of the molecule is CC1=CCC(C2CCCN2)C=C1. The monoisotopic (exact) mass is 163 g/mol. The van der Waals surface area contributed by atoms with Gasteiger partial charge in [0.25, 0.3) is 0 Å². The van der Waals surface area contributed by atoms with Crippen molar-refractivity contribution in [1.29, 1.82) is 0 Å². The van der Waals surface area contributed by atoms with Gasteiger partial charge in [0.05, 0.1) is 0 Å². The van der Waals surface area contributed by atoms with Gasteiger partial charge in [-0.25, -0.2) is 0 Å². The molecule has 66 valence electrons. The molecule has 2 unspecified atom stereocenters. The first kappa shape index (κ1) is 8.06. The number of hydrogen-bond donors (Lipinski definition) is 1. The molecule has 0 saturated carbocycles. The Labute approximate surface area is 74.5 Å². The molecule has 0 aromatic heterocycles. The Kier molecular flexibility index (Phi) is 2.31. The van der Waals surface area contributed by atoms with Crippen molar-refractivity contribution in [3.63, 3.8) is 0 Å². The lowest BCUT2D eigenvalue weighted by Gasteiger charge is -2.21. The summed E-state index contributed by atoms with van der Waals surface area (Å²) in [6, 6.07) is 0.755. The fourth-order valence-electron chi connectivity index (χ4n) is 2.12. The first-order valence-electron chi connectivity index (χ1n) is 4.94. The molecule has 2 rings (SSSR count). The highest BCUT2D eigenvalue weighted by molar-refractivity contribution is 5.22. The molecule has 1 aliphatic heterocycles. The van der Waals surface area contributed by atoms with Crippen LogP contribution in [0.25, 0.3) is 0 Å². The standard InChI is InChI=1S/C11H17N/c1-9-4-6-10(7-5-9)11-3-2-8-12-11/h4-6,10-12H,2-3,7-8H2,1H3. The van der Waals surface area contributed by atoms with Crippen molar-refractivity contribution >= 4 is 0 Å². The molecule has 0 bridgehead atoms. The summed E-state index contributed by atoms with van der Waals surface area (Å²) in [5.74, 6) is 0.760. The normalized spacial score (nSPS) is 35.2. The second-order valence-electron chi connectivity index (χ2n) is 3.91. The van der Waals surface area contributed by atoms with Gasteiger partial charge in [-0.2, -0.15) is 0 Å². The quantitative estimate of drug-likeness (QED) is 0.625. The summed E-state index contributed by atoms with van der Waals surface area (Å²) < 4.78 is 0. The summed E-state index contributed by atoms with van der Waals surface area (Å²) in [6.07, 6.45) is 10.9. The van der Waals surface area contributed by atoms with Crippen molar-refractivity contribution < 1.29 is 0 Å². The molecule has 1 fully saturated rings. The summed E-state index contributed by atoms with van der Waals surface area (Å²) in [5.41, 5.74) is 1.42. The molecule has 12 heavy (non-hydrogen) atoms. The fraction of sp³-hybridized carbons (Fsp3) is 0.636. The molecule has 2 atom stereocenters. The zero-order chi connectivity index (χ0) is 8.39. The Morgan fingerprint density at radius 2 is 2.42 bits per heavy atom. The van der Waals surface area contributed by atoms with E-state index in [0.29, 0.717) is 0 Å². The first-order valence-corrected chi connectivity index (χ1v) is 4.94. The van der Waals surface area contributed by atoms with Crippen LogP contribution in [0.4, 0.5) is 0 Å². The van der Waals surface area contributed by atoms with Crippen LogP contribution in [-0.2, 0) is 0 Å². The average Bonchev–Trinajstić information content (AvgIpc) is 2.58. The minimum absolute atomic E-state index is 0.755. The molecule has 0 amide bonds. The van der Waals surface area contributed by atoms with E-state index in [0.717, 1.165) is 12.0 Å². The van der Waals surface area contributed by atoms with E-state index in [-0.39, 0.29) is 0 Å². The van der Waals surface area contributed by atoms with Crippen LogP contribution in [0, 0.1) is 5.92 Å². The number of rotatable bonds is 1. The van der Waals surface area contributed by atoms with Gasteiger partial charge in [0.2, 0.25) is 0 Å². The second-order valence-corrected chi connectivity index (χ2v) is 3.91. The summed E-state index contributed by atoms with van der Waals surface area (Å²) in [4.78, 5) is 0. The van der Waals surface area contributed by atoms with E-state index in [2.05, 4.69) is 30.5 Å². The molecule has 0 aromatic carbocycles. The van der Waals surface area contributed by atoms with Crippen molar-refractivity contribution in [3.05, 3.63) is 23.8 Å².